The molecule has 1 N–H and O–H groups in total. The van der Waals surface area contributed by atoms with Gasteiger partial charge in [-0.1, -0.05) is 17.7 Å². The maximum Gasteiger partial charge on any atom is 0.270 e. The molecule has 23 heavy (non-hydrogen) atoms. The second kappa shape index (κ2) is 5.18. The lowest BCUT2D eigenvalue weighted by atomic mass is 9.78. The average molecular weight is 395 g/mol. The summed E-state index contributed by atoms with van der Waals surface area (Å²) >= 11 is 9.61. The number of fused-ring (bicyclic) bond motifs is 2. The SMILES string of the molecule is Cn1[nH]c(=O)c2c1N=C1CCC(=O)C1C2c1ccc(Br)c(Cl)c1. The van der Waals surface area contributed by atoms with Gasteiger partial charge < -0.3 is 0 Å². The summed E-state index contributed by atoms with van der Waals surface area (Å²) < 4.78 is 2.41. The molecule has 2 heterocycles. The van der Waals surface area contributed by atoms with Crippen molar-refractivity contribution in [1.29, 1.82) is 0 Å². The second-order valence-corrected chi connectivity index (χ2v) is 7.20. The number of carbonyl (C=O) groups excluding carboxylic acids is 1. The van der Waals surface area contributed by atoms with E-state index in [4.69, 9.17) is 11.6 Å². The van der Waals surface area contributed by atoms with Gasteiger partial charge >= 0.3 is 0 Å². The Kier molecular flexibility index (Phi) is 3.35. The number of nitrogens with zero attached hydrogens (tertiary/aromatic N) is 2. The van der Waals surface area contributed by atoms with Gasteiger partial charge in [0.2, 0.25) is 0 Å². The number of aromatic amines is 1. The van der Waals surface area contributed by atoms with E-state index in [1.165, 1.54) is 0 Å². The largest absolute Gasteiger partial charge is 0.299 e. The molecule has 4 rings (SSSR count). The van der Waals surface area contributed by atoms with Crippen LogP contribution in [0.15, 0.2) is 32.5 Å². The first kappa shape index (κ1) is 14.9. The maximum atomic E-state index is 12.4. The molecule has 5 nitrogen and oxygen atoms in total. The fraction of sp³-hybridized carbons (Fsp3) is 0.312. The summed E-state index contributed by atoms with van der Waals surface area (Å²) in [6, 6.07) is 5.58. The van der Waals surface area contributed by atoms with Crippen molar-refractivity contribution >= 4 is 44.8 Å². The number of nitrogens with one attached hydrogen (secondary N) is 1. The van der Waals surface area contributed by atoms with E-state index in [2.05, 4.69) is 26.0 Å². The van der Waals surface area contributed by atoms with Gasteiger partial charge in [0.15, 0.2) is 5.82 Å². The van der Waals surface area contributed by atoms with Crippen molar-refractivity contribution in [2.24, 2.45) is 18.0 Å². The number of hydrogen-bond acceptors (Lipinski definition) is 3. The number of Topliss-reactive ketones (excluding diaryl/α,β-unsaturated/α-hetero) is 1. The zero-order chi connectivity index (χ0) is 16.3. The third kappa shape index (κ3) is 2.16. The number of rotatable bonds is 1. The first-order valence-electron chi connectivity index (χ1n) is 7.31. The highest BCUT2D eigenvalue weighted by Crippen LogP contribution is 2.45. The number of hydrogen-bond donors (Lipinski definition) is 1. The normalized spacial score (nSPS) is 22.7. The number of aromatic nitrogens is 2. The van der Waals surface area contributed by atoms with Gasteiger partial charge in [-0.2, -0.15) is 0 Å². The van der Waals surface area contributed by atoms with Gasteiger partial charge in [-0.05, 0) is 40.0 Å². The van der Waals surface area contributed by atoms with Gasteiger partial charge in [-0.3, -0.25) is 19.4 Å². The van der Waals surface area contributed by atoms with Crippen LogP contribution in [0.5, 0.6) is 0 Å². The molecule has 2 aliphatic rings. The van der Waals surface area contributed by atoms with Gasteiger partial charge in [0.25, 0.3) is 5.56 Å². The van der Waals surface area contributed by atoms with E-state index >= 15 is 0 Å². The summed E-state index contributed by atoms with van der Waals surface area (Å²) in [5, 5.41) is 3.31. The van der Waals surface area contributed by atoms with Crippen LogP contribution in [0.3, 0.4) is 0 Å². The minimum atomic E-state index is -0.358. The van der Waals surface area contributed by atoms with Crippen LogP contribution >= 0.6 is 27.5 Å². The number of carbonyl (C=O) groups is 1. The van der Waals surface area contributed by atoms with Crippen molar-refractivity contribution in [3.05, 3.63) is 49.2 Å². The van der Waals surface area contributed by atoms with Crippen molar-refractivity contribution < 1.29 is 4.79 Å². The summed E-state index contributed by atoms with van der Waals surface area (Å²) in [7, 11) is 1.76. The number of benzene rings is 1. The standard InChI is InChI=1S/C16H13BrClN3O2/c1-21-15-14(16(23)20-21)12(7-2-3-8(17)9(18)6-7)13-10(19-15)4-5-11(13)22/h2-3,6,12-13H,4-5H2,1H3,(H,20,23). The predicted molar refractivity (Wildman–Crippen MR) is 91.9 cm³/mol. The monoisotopic (exact) mass is 393 g/mol. The van der Waals surface area contributed by atoms with E-state index in [0.29, 0.717) is 29.2 Å². The van der Waals surface area contributed by atoms with Crippen LogP contribution in [-0.4, -0.2) is 21.3 Å². The molecule has 7 heteroatoms. The molecule has 2 aromatic rings. The first-order chi connectivity index (χ1) is 11.0. The van der Waals surface area contributed by atoms with Crippen LogP contribution in [0.4, 0.5) is 5.82 Å². The molecule has 1 aliphatic carbocycles. The third-order valence-electron chi connectivity index (χ3n) is 4.60. The predicted octanol–water partition coefficient (Wildman–Crippen LogP) is 3.33. The molecule has 1 aliphatic heterocycles. The van der Waals surface area contributed by atoms with Crippen molar-refractivity contribution in [2.45, 2.75) is 18.8 Å². The van der Waals surface area contributed by atoms with Gasteiger partial charge in [0, 0.05) is 29.6 Å². The Morgan fingerprint density at radius 2 is 2.09 bits per heavy atom. The second-order valence-electron chi connectivity index (χ2n) is 5.94. The Balaban J connectivity index is 1.99. The maximum absolute atomic E-state index is 12.4. The summed E-state index contributed by atoms with van der Waals surface area (Å²) in [5.41, 5.74) is 2.08. The van der Waals surface area contributed by atoms with Gasteiger partial charge in [0.05, 0.1) is 16.5 Å². The molecular weight excluding hydrogens is 382 g/mol. The van der Waals surface area contributed by atoms with Crippen LogP contribution in [0, 0.1) is 5.92 Å². The van der Waals surface area contributed by atoms with Crippen LogP contribution in [-0.2, 0) is 11.8 Å². The highest BCUT2D eigenvalue weighted by Gasteiger charge is 2.44. The molecule has 118 valence electrons. The highest BCUT2D eigenvalue weighted by atomic mass is 79.9. The number of aliphatic imine (C=N–C) groups is 1. The highest BCUT2D eigenvalue weighted by molar-refractivity contribution is 9.10. The Labute approximate surface area is 145 Å². The molecule has 2 unspecified atom stereocenters. The Morgan fingerprint density at radius 3 is 2.83 bits per heavy atom. The lowest BCUT2D eigenvalue weighted by molar-refractivity contribution is -0.120. The molecule has 0 bridgehead atoms. The number of H-pyrrole nitrogens is 1. The molecule has 1 aromatic heterocycles. The van der Waals surface area contributed by atoms with Gasteiger partial charge in [0.1, 0.15) is 5.78 Å². The quantitative estimate of drug-likeness (QED) is 0.806. The van der Waals surface area contributed by atoms with Crippen molar-refractivity contribution in [2.75, 3.05) is 0 Å². The van der Waals surface area contributed by atoms with E-state index in [1.807, 2.05) is 18.2 Å². The lowest BCUT2D eigenvalue weighted by Crippen LogP contribution is -2.29. The van der Waals surface area contributed by atoms with E-state index in [1.54, 1.807) is 11.7 Å². The molecule has 0 saturated heterocycles. The summed E-state index contributed by atoms with van der Waals surface area (Å²) in [5.74, 6) is 0.0629. The van der Waals surface area contributed by atoms with Gasteiger partial charge in [-0.15, -0.1) is 0 Å². The molecule has 0 spiro atoms. The number of halogens is 2. The number of ketones is 1. The molecule has 2 atom stereocenters. The minimum absolute atomic E-state index is 0.140. The molecule has 1 fully saturated rings. The zero-order valence-corrected chi connectivity index (χ0v) is 14.6. The van der Waals surface area contributed by atoms with E-state index in [9.17, 15) is 9.59 Å². The smallest absolute Gasteiger partial charge is 0.270 e. The Bertz CT molecular complexity index is 928. The van der Waals surface area contributed by atoms with Crippen LogP contribution in [0.1, 0.15) is 29.9 Å². The minimum Gasteiger partial charge on any atom is -0.299 e. The summed E-state index contributed by atoms with van der Waals surface area (Å²) in [6.07, 6.45) is 1.14. The fourth-order valence-electron chi connectivity index (χ4n) is 3.58. The zero-order valence-electron chi connectivity index (χ0n) is 12.3. The first-order valence-corrected chi connectivity index (χ1v) is 8.48. The van der Waals surface area contributed by atoms with Crippen LogP contribution in [0.2, 0.25) is 5.02 Å². The topological polar surface area (TPSA) is 67.2 Å². The average Bonchev–Trinajstić information content (AvgIpc) is 3.02. The van der Waals surface area contributed by atoms with Gasteiger partial charge in [-0.25, -0.2) is 4.99 Å². The molecular formula is C16H13BrClN3O2. The van der Waals surface area contributed by atoms with E-state index in [0.717, 1.165) is 15.7 Å². The molecule has 1 aromatic carbocycles. The van der Waals surface area contributed by atoms with Crippen molar-refractivity contribution in [3.63, 3.8) is 0 Å². The third-order valence-corrected chi connectivity index (χ3v) is 5.84. The van der Waals surface area contributed by atoms with Crippen molar-refractivity contribution in [3.8, 4) is 0 Å². The molecule has 0 amide bonds. The molecule has 1 saturated carbocycles. The number of aryl methyl sites for hydroxylation is 1. The van der Waals surface area contributed by atoms with Crippen LogP contribution < -0.4 is 5.56 Å². The van der Waals surface area contributed by atoms with Crippen LogP contribution in [0.25, 0.3) is 0 Å². The Morgan fingerprint density at radius 1 is 1.30 bits per heavy atom. The van der Waals surface area contributed by atoms with E-state index in [-0.39, 0.29) is 23.2 Å². The summed E-state index contributed by atoms with van der Waals surface area (Å²) in [6.45, 7) is 0. The Hall–Kier alpha value is -1.66. The van der Waals surface area contributed by atoms with E-state index < -0.39 is 0 Å². The van der Waals surface area contributed by atoms with Crippen molar-refractivity contribution in [1.82, 2.24) is 9.78 Å². The fourth-order valence-corrected chi connectivity index (χ4v) is 4.02. The summed E-state index contributed by atoms with van der Waals surface area (Å²) in [4.78, 5) is 29.4. The lowest BCUT2D eigenvalue weighted by Gasteiger charge is -2.27. The molecule has 0 radical (unpaired) electrons.